The molecular formula is C20H22NO4+. The molecule has 0 aliphatic carbocycles. The van der Waals surface area contributed by atoms with Gasteiger partial charge < -0.3 is 24.3 Å². The lowest BCUT2D eigenvalue weighted by Gasteiger charge is -2.11. The Labute approximate surface area is 146 Å². The van der Waals surface area contributed by atoms with E-state index in [2.05, 4.69) is 35.8 Å². The molecule has 0 spiro atoms. The molecule has 4 rings (SSSR count). The molecule has 0 saturated carbocycles. The summed E-state index contributed by atoms with van der Waals surface area (Å²) in [5, 5.41) is 4.39. The molecule has 0 aromatic heterocycles. The lowest BCUT2D eigenvalue weighted by atomic mass is 9.99. The number of fused-ring (bicyclic) bond motifs is 3. The molecule has 0 saturated heterocycles. The predicted molar refractivity (Wildman–Crippen MR) is 94.5 cm³/mol. The third-order valence-electron chi connectivity index (χ3n) is 4.72. The number of benzene rings is 2. The second kappa shape index (κ2) is 6.69. The minimum atomic E-state index is 0.307. The molecule has 2 aromatic rings. The van der Waals surface area contributed by atoms with Gasteiger partial charge in [0.15, 0.2) is 23.0 Å². The highest BCUT2D eigenvalue weighted by Gasteiger charge is 2.17. The van der Waals surface area contributed by atoms with Gasteiger partial charge in [0, 0.05) is 6.42 Å². The molecule has 2 aliphatic rings. The van der Waals surface area contributed by atoms with Crippen LogP contribution in [0.1, 0.15) is 11.1 Å². The monoisotopic (exact) mass is 340 g/mol. The summed E-state index contributed by atoms with van der Waals surface area (Å²) in [6.45, 7) is 1.26. The summed E-state index contributed by atoms with van der Waals surface area (Å²) in [7, 11) is 3.34. The number of rotatable bonds is 2. The first-order chi connectivity index (χ1) is 12.3. The minimum Gasteiger partial charge on any atom is -0.493 e. The molecule has 5 heteroatoms. The van der Waals surface area contributed by atoms with Gasteiger partial charge in [0.1, 0.15) is 6.20 Å². The molecular weight excluding hydrogens is 318 g/mol. The van der Waals surface area contributed by atoms with Crippen LogP contribution in [0.5, 0.6) is 23.0 Å². The quantitative estimate of drug-likeness (QED) is 0.855. The van der Waals surface area contributed by atoms with Crippen molar-refractivity contribution in [2.45, 2.75) is 12.8 Å². The van der Waals surface area contributed by atoms with E-state index in [9.17, 15) is 0 Å². The molecule has 0 amide bonds. The summed E-state index contributed by atoms with van der Waals surface area (Å²) in [5.41, 5.74) is 2.59. The Morgan fingerprint density at radius 3 is 2.56 bits per heavy atom. The van der Waals surface area contributed by atoms with Crippen molar-refractivity contribution < 1.29 is 24.3 Å². The van der Waals surface area contributed by atoms with Crippen molar-refractivity contribution in [2.75, 3.05) is 27.6 Å². The van der Waals surface area contributed by atoms with Gasteiger partial charge in [-0.15, -0.1) is 0 Å². The van der Waals surface area contributed by atoms with Crippen molar-refractivity contribution in [3.05, 3.63) is 45.8 Å². The van der Waals surface area contributed by atoms with Gasteiger partial charge in [-0.3, -0.25) is 0 Å². The maximum atomic E-state index is 5.60. The van der Waals surface area contributed by atoms with Crippen LogP contribution in [-0.4, -0.2) is 27.6 Å². The van der Waals surface area contributed by atoms with Crippen molar-refractivity contribution in [3.63, 3.8) is 0 Å². The summed E-state index contributed by atoms with van der Waals surface area (Å²) in [4.78, 5) is 0. The fourth-order valence-electron chi connectivity index (χ4n) is 3.42. The van der Waals surface area contributed by atoms with Gasteiger partial charge in [-0.25, -0.2) is 0 Å². The van der Waals surface area contributed by atoms with Gasteiger partial charge in [-0.05, 0) is 41.0 Å². The molecule has 0 atom stereocenters. The van der Waals surface area contributed by atoms with Crippen molar-refractivity contribution in [1.82, 2.24) is 0 Å². The van der Waals surface area contributed by atoms with E-state index in [0.29, 0.717) is 6.79 Å². The molecule has 0 fully saturated rings. The Hall–Kier alpha value is -2.66. The predicted octanol–water partition coefficient (Wildman–Crippen LogP) is 0.313. The zero-order valence-electron chi connectivity index (χ0n) is 14.5. The summed E-state index contributed by atoms with van der Waals surface area (Å²) >= 11 is 0. The highest BCUT2D eigenvalue weighted by Crippen LogP contribution is 2.35. The molecule has 130 valence electrons. The Bertz CT molecular complexity index is 920. The van der Waals surface area contributed by atoms with Crippen LogP contribution in [0.2, 0.25) is 0 Å². The van der Waals surface area contributed by atoms with E-state index in [0.717, 1.165) is 52.8 Å². The summed E-state index contributed by atoms with van der Waals surface area (Å²) < 4.78 is 22.1. The van der Waals surface area contributed by atoms with Crippen LogP contribution in [0.25, 0.3) is 12.3 Å². The van der Waals surface area contributed by atoms with Crippen LogP contribution in [0.15, 0.2) is 24.3 Å². The van der Waals surface area contributed by atoms with E-state index in [1.54, 1.807) is 14.2 Å². The second-order valence-electron chi connectivity index (χ2n) is 6.13. The fraction of sp³-hybridized carbons (Fsp3) is 0.300. The third-order valence-corrected chi connectivity index (χ3v) is 4.72. The number of hydrogen-bond acceptors (Lipinski definition) is 4. The summed E-state index contributed by atoms with van der Waals surface area (Å²) in [6.07, 6.45) is 6.17. The lowest BCUT2D eigenvalue weighted by molar-refractivity contribution is -0.552. The Kier molecular flexibility index (Phi) is 4.24. The fourth-order valence-corrected chi connectivity index (χ4v) is 3.42. The lowest BCUT2D eigenvalue weighted by Crippen LogP contribution is -2.79. The topological polar surface area (TPSA) is 53.5 Å². The number of nitrogens with two attached hydrogens (primary N) is 1. The SMILES string of the molecule is COc1ccc2/c(c1OC)=C\[NH2+]CCc1cc3c(cc1C\C=2)OCO3. The molecule has 2 heterocycles. The number of ether oxygens (including phenoxy) is 4. The van der Waals surface area contributed by atoms with Gasteiger partial charge in [-0.2, -0.15) is 0 Å². The summed E-state index contributed by atoms with van der Waals surface area (Å²) in [5.74, 6) is 3.22. The van der Waals surface area contributed by atoms with E-state index in [-0.39, 0.29) is 0 Å². The molecule has 0 radical (unpaired) electrons. The third kappa shape index (κ3) is 2.91. The normalized spacial score (nSPS) is 18.0. The van der Waals surface area contributed by atoms with Crippen molar-refractivity contribution in [3.8, 4) is 23.0 Å². The van der Waals surface area contributed by atoms with E-state index in [1.165, 1.54) is 11.1 Å². The maximum Gasteiger partial charge on any atom is 0.231 e. The van der Waals surface area contributed by atoms with Crippen LogP contribution >= 0.6 is 0 Å². The largest absolute Gasteiger partial charge is 0.493 e. The minimum absolute atomic E-state index is 0.307. The van der Waals surface area contributed by atoms with E-state index >= 15 is 0 Å². The van der Waals surface area contributed by atoms with Crippen LogP contribution in [-0.2, 0) is 12.8 Å². The number of hydrogen-bond donors (Lipinski definition) is 1. The van der Waals surface area contributed by atoms with Gasteiger partial charge in [0.2, 0.25) is 6.79 Å². The molecule has 2 N–H and O–H groups in total. The van der Waals surface area contributed by atoms with Crippen molar-refractivity contribution in [1.29, 1.82) is 0 Å². The maximum absolute atomic E-state index is 5.60. The zero-order valence-corrected chi connectivity index (χ0v) is 14.5. The second-order valence-corrected chi connectivity index (χ2v) is 6.13. The zero-order chi connectivity index (χ0) is 17.2. The summed E-state index contributed by atoms with van der Waals surface area (Å²) in [6, 6.07) is 8.26. The van der Waals surface area contributed by atoms with Gasteiger partial charge in [0.25, 0.3) is 0 Å². The molecule has 5 nitrogen and oxygen atoms in total. The average Bonchev–Trinajstić information content (AvgIpc) is 3.10. The molecule has 25 heavy (non-hydrogen) atoms. The molecule has 0 unspecified atom stereocenters. The van der Waals surface area contributed by atoms with Crippen molar-refractivity contribution in [2.24, 2.45) is 0 Å². The first-order valence-electron chi connectivity index (χ1n) is 8.46. The average molecular weight is 340 g/mol. The van der Waals surface area contributed by atoms with E-state index < -0.39 is 0 Å². The molecule has 0 bridgehead atoms. The Morgan fingerprint density at radius 2 is 1.80 bits per heavy atom. The highest BCUT2D eigenvalue weighted by molar-refractivity contribution is 5.52. The van der Waals surface area contributed by atoms with E-state index in [4.69, 9.17) is 18.9 Å². The van der Waals surface area contributed by atoms with Crippen LogP contribution in [0.4, 0.5) is 0 Å². The van der Waals surface area contributed by atoms with Gasteiger partial charge in [-0.1, -0.05) is 12.1 Å². The van der Waals surface area contributed by atoms with Crippen LogP contribution in [0, 0.1) is 0 Å². The first kappa shape index (κ1) is 15.8. The van der Waals surface area contributed by atoms with Crippen LogP contribution < -0.4 is 34.7 Å². The Morgan fingerprint density at radius 1 is 1.00 bits per heavy atom. The van der Waals surface area contributed by atoms with Crippen LogP contribution in [0.3, 0.4) is 0 Å². The highest BCUT2D eigenvalue weighted by atomic mass is 16.7. The van der Waals surface area contributed by atoms with Gasteiger partial charge >= 0.3 is 0 Å². The number of quaternary nitrogens is 1. The van der Waals surface area contributed by atoms with Gasteiger partial charge in [0.05, 0.1) is 26.0 Å². The molecule has 2 aliphatic heterocycles. The smallest absolute Gasteiger partial charge is 0.231 e. The molecule has 2 aromatic carbocycles. The first-order valence-corrected chi connectivity index (χ1v) is 8.46. The number of methoxy groups -OCH3 is 2. The standard InChI is InChI=1S/C20H21NO4/c1-22-17-6-5-13-3-4-14-9-18-19(25-12-24-18)10-15(14)7-8-21-11-16(13)20(17)23-2/h3,5-6,9-11,21H,4,7-8,12H2,1-2H3/p+1/b13-3-,16-11+. The van der Waals surface area contributed by atoms with E-state index in [1.807, 2.05) is 6.07 Å². The Balaban J connectivity index is 1.84. The van der Waals surface area contributed by atoms with Crippen molar-refractivity contribution >= 4 is 12.3 Å².